The molecule has 1 aromatic carbocycles. The predicted molar refractivity (Wildman–Crippen MR) is 91.0 cm³/mol. The highest BCUT2D eigenvalue weighted by atomic mass is 35.5. The molecule has 0 bridgehead atoms. The number of hydrogen-bond acceptors (Lipinski definition) is 4. The minimum absolute atomic E-state index is 0.230. The molecule has 4 rings (SSSR count). The number of fused-ring (bicyclic) bond motifs is 1. The van der Waals surface area contributed by atoms with Gasteiger partial charge in [-0.05, 0) is 56.0 Å². The molecular formula is C17H19ClN4O2. The van der Waals surface area contributed by atoms with Gasteiger partial charge in [-0.2, -0.15) is 5.10 Å². The predicted octanol–water partition coefficient (Wildman–Crippen LogP) is 2.13. The molecule has 1 unspecified atom stereocenters. The second-order valence-corrected chi connectivity index (χ2v) is 6.86. The van der Waals surface area contributed by atoms with Gasteiger partial charge in [0.15, 0.2) is 5.15 Å². The summed E-state index contributed by atoms with van der Waals surface area (Å²) in [6.07, 6.45) is 3.01. The Balaban J connectivity index is 1.71. The van der Waals surface area contributed by atoms with Crippen LogP contribution in [0.3, 0.4) is 0 Å². The molecule has 2 aliphatic heterocycles. The Kier molecular flexibility index (Phi) is 4.02. The first-order valence-electron chi connectivity index (χ1n) is 8.35. The Morgan fingerprint density at radius 3 is 2.71 bits per heavy atom. The van der Waals surface area contributed by atoms with E-state index in [1.54, 1.807) is 4.68 Å². The quantitative estimate of drug-likeness (QED) is 0.817. The van der Waals surface area contributed by atoms with Gasteiger partial charge in [0.25, 0.3) is 5.91 Å². The highest BCUT2D eigenvalue weighted by Gasteiger charge is 2.30. The van der Waals surface area contributed by atoms with Crippen molar-refractivity contribution in [1.29, 1.82) is 0 Å². The molecule has 126 valence electrons. The molecule has 0 radical (unpaired) electrons. The van der Waals surface area contributed by atoms with Gasteiger partial charge in [-0.15, -0.1) is 0 Å². The van der Waals surface area contributed by atoms with E-state index in [2.05, 4.69) is 27.9 Å². The maximum absolute atomic E-state index is 12.1. The van der Waals surface area contributed by atoms with Crippen LogP contribution in [-0.2, 0) is 9.59 Å². The Morgan fingerprint density at radius 1 is 1.17 bits per heavy atom. The third-order valence-corrected chi connectivity index (χ3v) is 5.28. The summed E-state index contributed by atoms with van der Waals surface area (Å²) in [5, 5.41) is 11.4. The lowest BCUT2D eigenvalue weighted by Gasteiger charge is -2.23. The molecule has 2 saturated heterocycles. The largest absolute Gasteiger partial charge is 0.317 e. The molecule has 7 heteroatoms. The topological polar surface area (TPSA) is 76.0 Å². The van der Waals surface area contributed by atoms with Gasteiger partial charge in [-0.25, -0.2) is 0 Å². The van der Waals surface area contributed by atoms with E-state index in [9.17, 15) is 9.59 Å². The summed E-state index contributed by atoms with van der Waals surface area (Å²) in [5.74, 6) is -0.00702. The zero-order valence-electron chi connectivity index (χ0n) is 13.2. The molecule has 24 heavy (non-hydrogen) atoms. The second kappa shape index (κ2) is 6.18. The van der Waals surface area contributed by atoms with E-state index in [-0.39, 0.29) is 11.8 Å². The number of nitrogens with one attached hydrogen (secondary N) is 2. The maximum atomic E-state index is 12.1. The molecule has 3 heterocycles. The Bertz CT molecular complexity index is 810. The third-order valence-electron chi connectivity index (χ3n) is 5.00. The third kappa shape index (κ3) is 2.70. The minimum atomic E-state index is -0.484. The molecule has 0 aliphatic carbocycles. The van der Waals surface area contributed by atoms with Crippen molar-refractivity contribution in [1.82, 2.24) is 20.4 Å². The fourth-order valence-electron chi connectivity index (χ4n) is 3.68. The Morgan fingerprint density at radius 2 is 1.96 bits per heavy atom. The SMILES string of the molecule is O=C1CCC(n2nc(Cl)c3cc(C4CCNCC4)ccc32)C(=O)N1. The van der Waals surface area contributed by atoms with Gasteiger partial charge >= 0.3 is 0 Å². The standard InChI is InChI=1S/C17H19ClN4O2/c18-16-12-9-11(10-5-7-19-8-6-10)1-2-13(12)22(21-16)14-3-4-15(23)20-17(14)24/h1-2,9-10,14,19H,3-8H2,(H,20,23,24). The lowest BCUT2D eigenvalue weighted by molar-refractivity contribution is -0.135. The molecule has 1 aromatic heterocycles. The maximum Gasteiger partial charge on any atom is 0.251 e. The molecule has 2 fully saturated rings. The van der Waals surface area contributed by atoms with Crippen molar-refractivity contribution >= 4 is 34.3 Å². The number of halogens is 1. The van der Waals surface area contributed by atoms with Gasteiger partial charge in [-0.1, -0.05) is 17.7 Å². The van der Waals surface area contributed by atoms with Crippen molar-refractivity contribution in [3.8, 4) is 0 Å². The van der Waals surface area contributed by atoms with Crippen molar-refractivity contribution in [2.45, 2.75) is 37.6 Å². The summed E-state index contributed by atoms with van der Waals surface area (Å²) in [7, 11) is 0. The van der Waals surface area contributed by atoms with Crippen LogP contribution < -0.4 is 10.6 Å². The van der Waals surface area contributed by atoms with Crippen LogP contribution in [0.1, 0.15) is 43.2 Å². The van der Waals surface area contributed by atoms with Gasteiger partial charge in [0.05, 0.1) is 5.52 Å². The normalized spacial score (nSPS) is 22.8. The van der Waals surface area contributed by atoms with Crippen LogP contribution >= 0.6 is 11.6 Å². The smallest absolute Gasteiger partial charge is 0.251 e. The van der Waals surface area contributed by atoms with Crippen LogP contribution in [0.5, 0.6) is 0 Å². The highest BCUT2D eigenvalue weighted by molar-refractivity contribution is 6.34. The second-order valence-electron chi connectivity index (χ2n) is 6.50. The number of imide groups is 1. The van der Waals surface area contributed by atoms with Crippen LogP contribution in [-0.4, -0.2) is 34.7 Å². The molecule has 2 N–H and O–H groups in total. The summed E-state index contributed by atoms with van der Waals surface area (Å²) in [6, 6.07) is 5.72. The molecule has 1 atom stereocenters. The average Bonchev–Trinajstić information content (AvgIpc) is 2.92. The van der Waals surface area contributed by atoms with Crippen LogP contribution in [0.25, 0.3) is 10.9 Å². The van der Waals surface area contributed by atoms with Gasteiger partial charge < -0.3 is 5.32 Å². The van der Waals surface area contributed by atoms with Crippen LogP contribution in [0.4, 0.5) is 0 Å². The highest BCUT2D eigenvalue weighted by Crippen LogP contribution is 2.33. The van der Waals surface area contributed by atoms with Crippen molar-refractivity contribution in [3.05, 3.63) is 28.9 Å². The molecule has 2 aliphatic rings. The summed E-state index contributed by atoms with van der Waals surface area (Å²) < 4.78 is 1.66. The van der Waals surface area contributed by atoms with E-state index >= 15 is 0 Å². The van der Waals surface area contributed by atoms with Crippen LogP contribution in [0.15, 0.2) is 18.2 Å². The zero-order valence-corrected chi connectivity index (χ0v) is 14.0. The molecule has 6 nitrogen and oxygen atoms in total. The number of nitrogens with zero attached hydrogens (tertiary/aromatic N) is 2. The van der Waals surface area contributed by atoms with E-state index in [0.717, 1.165) is 36.8 Å². The molecule has 0 saturated carbocycles. The van der Waals surface area contributed by atoms with E-state index in [1.807, 2.05) is 6.07 Å². The molecule has 2 amide bonds. The minimum Gasteiger partial charge on any atom is -0.317 e. The Hall–Kier alpha value is -1.92. The van der Waals surface area contributed by atoms with Crippen LogP contribution in [0.2, 0.25) is 5.15 Å². The van der Waals surface area contributed by atoms with Gasteiger partial charge in [0.2, 0.25) is 5.91 Å². The fraction of sp³-hybridized carbons (Fsp3) is 0.471. The number of piperidine rings is 2. The number of aromatic nitrogens is 2. The first-order chi connectivity index (χ1) is 11.6. The van der Waals surface area contributed by atoms with E-state index in [1.165, 1.54) is 5.56 Å². The summed E-state index contributed by atoms with van der Waals surface area (Å²) in [5.41, 5.74) is 2.11. The van der Waals surface area contributed by atoms with E-state index in [4.69, 9.17) is 11.6 Å². The first kappa shape index (κ1) is 15.6. The van der Waals surface area contributed by atoms with Crippen molar-refractivity contribution in [2.24, 2.45) is 0 Å². The monoisotopic (exact) mass is 346 g/mol. The Labute approximate surface area is 144 Å². The fourth-order valence-corrected chi connectivity index (χ4v) is 3.92. The number of hydrogen-bond donors (Lipinski definition) is 2. The summed E-state index contributed by atoms with van der Waals surface area (Å²) >= 11 is 6.34. The van der Waals surface area contributed by atoms with Crippen LogP contribution in [0, 0.1) is 0 Å². The van der Waals surface area contributed by atoms with Gasteiger partial charge in [0.1, 0.15) is 6.04 Å². The van der Waals surface area contributed by atoms with Crippen molar-refractivity contribution in [3.63, 3.8) is 0 Å². The molecule has 2 aromatic rings. The van der Waals surface area contributed by atoms with Gasteiger partial charge in [0, 0.05) is 11.8 Å². The molecular weight excluding hydrogens is 328 g/mol. The summed E-state index contributed by atoms with van der Waals surface area (Å²) in [4.78, 5) is 23.5. The van der Waals surface area contributed by atoms with Crippen molar-refractivity contribution in [2.75, 3.05) is 13.1 Å². The number of carbonyl (C=O) groups is 2. The number of rotatable bonds is 2. The summed E-state index contributed by atoms with van der Waals surface area (Å²) in [6.45, 7) is 2.07. The van der Waals surface area contributed by atoms with E-state index in [0.29, 0.717) is 23.9 Å². The van der Waals surface area contributed by atoms with E-state index < -0.39 is 6.04 Å². The number of carbonyl (C=O) groups excluding carboxylic acids is 2. The zero-order chi connectivity index (χ0) is 16.7. The lowest BCUT2D eigenvalue weighted by Crippen LogP contribution is -2.42. The average molecular weight is 347 g/mol. The number of benzene rings is 1. The molecule has 0 spiro atoms. The van der Waals surface area contributed by atoms with Crippen molar-refractivity contribution < 1.29 is 9.59 Å². The van der Waals surface area contributed by atoms with Gasteiger partial charge in [-0.3, -0.25) is 19.6 Å². The first-order valence-corrected chi connectivity index (χ1v) is 8.73. The lowest BCUT2D eigenvalue weighted by atomic mass is 9.90. The number of amides is 2.